The van der Waals surface area contributed by atoms with Crippen molar-refractivity contribution in [2.45, 2.75) is 32.2 Å². The predicted octanol–water partition coefficient (Wildman–Crippen LogP) is 2.56. The Morgan fingerprint density at radius 1 is 0.900 bits per heavy atom. The number of carbonyl (C=O) groups is 1. The van der Waals surface area contributed by atoms with E-state index in [9.17, 15) is 4.79 Å². The smallest absolute Gasteiger partial charge is 0.119 e. The minimum absolute atomic E-state index is 0.727. The van der Waals surface area contributed by atoms with Crippen molar-refractivity contribution in [3.05, 3.63) is 35.9 Å². The zero-order valence-electron chi connectivity index (χ0n) is 12.3. The normalized spacial score (nSPS) is 17.2. The highest BCUT2D eigenvalue weighted by Gasteiger charge is 2.16. The molecule has 0 unspecified atom stereocenters. The second-order valence-corrected chi connectivity index (χ2v) is 5.62. The number of piperazine rings is 1. The molecular formula is C17H26N2O. The number of hydrogen-bond donors (Lipinski definition) is 0. The van der Waals surface area contributed by atoms with Gasteiger partial charge in [0.05, 0.1) is 0 Å². The van der Waals surface area contributed by atoms with Crippen LogP contribution in [0, 0.1) is 0 Å². The average Bonchev–Trinajstić information content (AvgIpc) is 2.50. The van der Waals surface area contributed by atoms with Gasteiger partial charge in [0.1, 0.15) is 6.29 Å². The quantitative estimate of drug-likeness (QED) is 0.538. The standard InChI is InChI=1S/C17H26N2O/c20-15-7-2-1-6-10-18-11-13-19(14-12-18)16-17-8-4-3-5-9-17/h3-5,8-9,15H,1-2,6-7,10-14,16H2. The van der Waals surface area contributed by atoms with Gasteiger partial charge in [-0.2, -0.15) is 0 Å². The van der Waals surface area contributed by atoms with Crippen LogP contribution < -0.4 is 0 Å². The molecule has 1 aromatic rings. The molecule has 0 amide bonds. The molecule has 0 spiro atoms. The average molecular weight is 274 g/mol. The van der Waals surface area contributed by atoms with E-state index >= 15 is 0 Å². The molecule has 2 rings (SSSR count). The van der Waals surface area contributed by atoms with Crippen molar-refractivity contribution in [1.82, 2.24) is 9.80 Å². The van der Waals surface area contributed by atoms with Crippen LogP contribution in [0.2, 0.25) is 0 Å². The Labute approximate surface area is 122 Å². The van der Waals surface area contributed by atoms with E-state index < -0.39 is 0 Å². The van der Waals surface area contributed by atoms with Crippen molar-refractivity contribution in [1.29, 1.82) is 0 Å². The summed E-state index contributed by atoms with van der Waals surface area (Å²) in [5.41, 5.74) is 1.41. The summed E-state index contributed by atoms with van der Waals surface area (Å²) < 4.78 is 0. The van der Waals surface area contributed by atoms with Crippen molar-refractivity contribution >= 4 is 6.29 Å². The van der Waals surface area contributed by atoms with Gasteiger partial charge >= 0.3 is 0 Å². The van der Waals surface area contributed by atoms with Gasteiger partial charge in [0.25, 0.3) is 0 Å². The maximum atomic E-state index is 10.2. The molecule has 3 heteroatoms. The topological polar surface area (TPSA) is 23.6 Å². The first-order chi connectivity index (χ1) is 9.88. The van der Waals surface area contributed by atoms with Gasteiger partial charge in [-0.25, -0.2) is 0 Å². The van der Waals surface area contributed by atoms with Gasteiger partial charge in [-0.05, 0) is 24.9 Å². The van der Waals surface area contributed by atoms with Gasteiger partial charge in [-0.15, -0.1) is 0 Å². The monoisotopic (exact) mass is 274 g/mol. The van der Waals surface area contributed by atoms with Crippen LogP contribution in [0.4, 0.5) is 0 Å². The predicted molar refractivity (Wildman–Crippen MR) is 82.7 cm³/mol. The van der Waals surface area contributed by atoms with Crippen molar-refractivity contribution < 1.29 is 4.79 Å². The molecular weight excluding hydrogens is 248 g/mol. The van der Waals surface area contributed by atoms with Crippen LogP contribution in [-0.2, 0) is 11.3 Å². The number of hydrogen-bond acceptors (Lipinski definition) is 3. The molecule has 110 valence electrons. The molecule has 20 heavy (non-hydrogen) atoms. The summed E-state index contributed by atoms with van der Waals surface area (Å²) in [5.74, 6) is 0. The second-order valence-electron chi connectivity index (χ2n) is 5.62. The van der Waals surface area contributed by atoms with Gasteiger partial charge < -0.3 is 9.69 Å². The Morgan fingerprint density at radius 2 is 1.60 bits per heavy atom. The summed E-state index contributed by atoms with van der Waals surface area (Å²) in [6.07, 6.45) is 5.22. The molecule has 1 aliphatic heterocycles. The van der Waals surface area contributed by atoms with Crippen molar-refractivity contribution in [3.8, 4) is 0 Å². The number of unbranched alkanes of at least 4 members (excludes halogenated alkanes) is 3. The van der Waals surface area contributed by atoms with E-state index in [1.807, 2.05) is 0 Å². The summed E-state index contributed by atoms with van der Waals surface area (Å²) in [6, 6.07) is 10.7. The highest BCUT2D eigenvalue weighted by Crippen LogP contribution is 2.09. The van der Waals surface area contributed by atoms with E-state index in [2.05, 4.69) is 40.1 Å². The largest absolute Gasteiger partial charge is 0.303 e. The first kappa shape index (κ1) is 15.2. The number of benzene rings is 1. The molecule has 0 N–H and O–H groups in total. The van der Waals surface area contributed by atoms with Crippen molar-refractivity contribution in [3.63, 3.8) is 0 Å². The summed E-state index contributed by atoms with van der Waals surface area (Å²) in [6.45, 7) is 6.97. The minimum Gasteiger partial charge on any atom is -0.303 e. The Kier molecular flexibility index (Phi) is 6.75. The maximum absolute atomic E-state index is 10.2. The van der Waals surface area contributed by atoms with Gasteiger partial charge in [0.2, 0.25) is 0 Å². The lowest BCUT2D eigenvalue weighted by molar-refractivity contribution is -0.107. The SMILES string of the molecule is O=CCCCCCN1CCN(Cc2ccccc2)CC1. The number of nitrogens with zero attached hydrogens (tertiary/aromatic N) is 2. The lowest BCUT2D eigenvalue weighted by Gasteiger charge is -2.34. The van der Waals surface area contributed by atoms with E-state index in [4.69, 9.17) is 0 Å². The summed E-state index contributed by atoms with van der Waals surface area (Å²) >= 11 is 0. The molecule has 0 radical (unpaired) electrons. The van der Waals surface area contributed by atoms with Crippen molar-refractivity contribution in [2.75, 3.05) is 32.7 Å². The van der Waals surface area contributed by atoms with Crippen LogP contribution in [0.15, 0.2) is 30.3 Å². The molecule has 0 aliphatic carbocycles. The summed E-state index contributed by atoms with van der Waals surface area (Å²) in [7, 11) is 0. The Bertz CT molecular complexity index is 372. The molecule has 1 heterocycles. The van der Waals surface area contributed by atoms with Gasteiger partial charge in [-0.1, -0.05) is 36.8 Å². The zero-order chi connectivity index (χ0) is 14.0. The third-order valence-corrected chi connectivity index (χ3v) is 4.01. The number of aldehydes is 1. The fourth-order valence-electron chi connectivity index (χ4n) is 2.75. The Hall–Kier alpha value is -1.19. The van der Waals surface area contributed by atoms with Crippen LogP contribution in [-0.4, -0.2) is 48.8 Å². The van der Waals surface area contributed by atoms with E-state index in [0.29, 0.717) is 0 Å². The third-order valence-electron chi connectivity index (χ3n) is 4.01. The van der Waals surface area contributed by atoms with E-state index in [0.717, 1.165) is 25.7 Å². The van der Waals surface area contributed by atoms with Crippen molar-refractivity contribution in [2.24, 2.45) is 0 Å². The molecule has 1 aromatic carbocycles. The molecule has 3 nitrogen and oxygen atoms in total. The van der Waals surface area contributed by atoms with E-state index in [1.54, 1.807) is 0 Å². The molecule has 0 aromatic heterocycles. The Balaban J connectivity index is 1.59. The molecule has 1 aliphatic rings. The van der Waals surface area contributed by atoms with Crippen LogP contribution >= 0.6 is 0 Å². The number of carbonyl (C=O) groups excluding carboxylic acids is 1. The third kappa shape index (κ3) is 5.43. The van der Waals surface area contributed by atoms with Crippen LogP contribution in [0.25, 0.3) is 0 Å². The fraction of sp³-hybridized carbons (Fsp3) is 0.588. The molecule has 0 bridgehead atoms. The number of rotatable bonds is 8. The highest BCUT2D eigenvalue weighted by molar-refractivity contribution is 5.48. The molecule has 0 atom stereocenters. The lowest BCUT2D eigenvalue weighted by Crippen LogP contribution is -2.46. The summed E-state index contributed by atoms with van der Waals surface area (Å²) in [4.78, 5) is 15.3. The lowest BCUT2D eigenvalue weighted by atomic mass is 10.1. The summed E-state index contributed by atoms with van der Waals surface area (Å²) in [5, 5.41) is 0. The van der Waals surface area contributed by atoms with Crippen LogP contribution in [0.1, 0.15) is 31.2 Å². The fourth-order valence-corrected chi connectivity index (χ4v) is 2.75. The van der Waals surface area contributed by atoms with E-state index in [-0.39, 0.29) is 0 Å². The molecule has 0 saturated carbocycles. The van der Waals surface area contributed by atoms with Gasteiger partial charge in [0.15, 0.2) is 0 Å². The van der Waals surface area contributed by atoms with Gasteiger partial charge in [0, 0.05) is 39.1 Å². The first-order valence-electron chi connectivity index (χ1n) is 7.81. The minimum atomic E-state index is 0.727. The maximum Gasteiger partial charge on any atom is 0.119 e. The molecule has 1 fully saturated rings. The van der Waals surface area contributed by atoms with E-state index in [1.165, 1.54) is 51.1 Å². The zero-order valence-corrected chi connectivity index (χ0v) is 12.3. The first-order valence-corrected chi connectivity index (χ1v) is 7.81. The van der Waals surface area contributed by atoms with Crippen LogP contribution in [0.3, 0.4) is 0 Å². The molecule has 1 saturated heterocycles. The Morgan fingerprint density at radius 3 is 2.30 bits per heavy atom. The second kappa shape index (κ2) is 8.88. The highest BCUT2D eigenvalue weighted by atomic mass is 16.1. The van der Waals surface area contributed by atoms with Gasteiger partial charge in [-0.3, -0.25) is 4.90 Å². The van der Waals surface area contributed by atoms with Crippen LogP contribution in [0.5, 0.6) is 0 Å².